The molecule has 8 nitrogen and oxygen atoms in total. The van der Waals surface area contributed by atoms with Gasteiger partial charge in [-0.25, -0.2) is 4.79 Å². The van der Waals surface area contributed by atoms with Gasteiger partial charge in [-0.2, -0.15) is 0 Å². The van der Waals surface area contributed by atoms with Crippen molar-refractivity contribution in [1.82, 2.24) is 15.5 Å². The lowest BCUT2D eigenvalue weighted by Gasteiger charge is -2.36. The topological polar surface area (TPSA) is 108 Å². The van der Waals surface area contributed by atoms with Crippen LogP contribution in [0.15, 0.2) is 42.5 Å². The summed E-state index contributed by atoms with van der Waals surface area (Å²) in [5.41, 5.74) is 2.03. The molecule has 0 aliphatic rings. The Kier molecular flexibility index (Phi) is 9.95. The highest BCUT2D eigenvalue weighted by molar-refractivity contribution is 5.92. The van der Waals surface area contributed by atoms with Gasteiger partial charge >= 0.3 is 6.09 Å². The Labute approximate surface area is 226 Å². The molecule has 2 aromatic rings. The zero-order chi connectivity index (χ0) is 28.8. The largest absolute Gasteiger partial charge is 0.508 e. The summed E-state index contributed by atoms with van der Waals surface area (Å²) in [6.45, 7) is 16.8. The first kappa shape index (κ1) is 30.7. The standard InChI is InChI=1S/C30H43N3O5/c1-10-33(25(26(35)32-29(4,5)6)23-17-19(2)11-12-20(23)3)27(36)24(31-28(37)38-30(7,8)9)18-21-13-15-22(34)16-14-21/h11-17,24-25,34H,10,18H2,1-9H3,(H,31,37)(H,32,35). The molecule has 2 aromatic carbocycles. The van der Waals surface area contributed by atoms with Crippen LogP contribution >= 0.6 is 0 Å². The van der Waals surface area contributed by atoms with Crippen molar-refractivity contribution in [2.45, 2.75) is 92.0 Å². The molecule has 0 saturated heterocycles. The van der Waals surface area contributed by atoms with Crippen LogP contribution in [0.4, 0.5) is 4.79 Å². The number of benzene rings is 2. The van der Waals surface area contributed by atoms with Gasteiger partial charge in [0.15, 0.2) is 0 Å². The summed E-state index contributed by atoms with van der Waals surface area (Å²) in [4.78, 5) is 42.1. The number of phenolic OH excluding ortho intramolecular Hbond substituents is 1. The van der Waals surface area contributed by atoms with Crippen molar-refractivity contribution in [3.05, 3.63) is 64.7 Å². The highest BCUT2D eigenvalue weighted by Gasteiger charge is 2.37. The second-order valence-corrected chi connectivity index (χ2v) is 11.7. The SMILES string of the molecule is CCN(C(=O)C(Cc1ccc(O)cc1)NC(=O)OC(C)(C)C)C(C(=O)NC(C)(C)C)c1cc(C)ccc1C. The van der Waals surface area contributed by atoms with Gasteiger partial charge in [-0.1, -0.05) is 35.9 Å². The molecule has 0 radical (unpaired) electrons. The molecule has 0 fully saturated rings. The normalized spacial score (nSPS) is 13.3. The fraction of sp³-hybridized carbons (Fsp3) is 0.500. The summed E-state index contributed by atoms with van der Waals surface area (Å²) < 4.78 is 5.44. The van der Waals surface area contributed by atoms with Gasteiger partial charge in [-0.15, -0.1) is 0 Å². The minimum atomic E-state index is -1.01. The van der Waals surface area contributed by atoms with Crippen molar-refractivity contribution < 1.29 is 24.2 Å². The number of carbonyl (C=O) groups excluding carboxylic acids is 3. The molecule has 0 spiro atoms. The van der Waals surface area contributed by atoms with Gasteiger partial charge in [0.1, 0.15) is 23.4 Å². The van der Waals surface area contributed by atoms with Crippen molar-refractivity contribution >= 4 is 17.9 Å². The molecule has 0 heterocycles. The van der Waals surface area contributed by atoms with E-state index < -0.39 is 35.2 Å². The van der Waals surface area contributed by atoms with Crippen LogP contribution < -0.4 is 10.6 Å². The molecule has 38 heavy (non-hydrogen) atoms. The number of alkyl carbamates (subject to hydrolysis) is 1. The molecular weight excluding hydrogens is 482 g/mol. The quantitative estimate of drug-likeness (QED) is 0.452. The number of hydrogen-bond donors (Lipinski definition) is 3. The van der Waals surface area contributed by atoms with E-state index in [2.05, 4.69) is 10.6 Å². The molecule has 8 heteroatoms. The lowest BCUT2D eigenvalue weighted by atomic mass is 9.94. The van der Waals surface area contributed by atoms with Gasteiger partial charge in [-0.3, -0.25) is 9.59 Å². The number of ether oxygens (including phenoxy) is 1. The number of phenols is 1. The average molecular weight is 526 g/mol. The number of nitrogens with zero attached hydrogens (tertiary/aromatic N) is 1. The Morgan fingerprint density at radius 2 is 1.58 bits per heavy atom. The maximum absolute atomic E-state index is 14.2. The molecule has 2 atom stereocenters. The van der Waals surface area contributed by atoms with Crippen molar-refractivity contribution in [2.75, 3.05) is 6.54 Å². The summed E-state index contributed by atoms with van der Waals surface area (Å²) >= 11 is 0. The van der Waals surface area contributed by atoms with Gasteiger partial charge < -0.3 is 25.4 Å². The number of aryl methyl sites for hydroxylation is 2. The molecule has 0 bridgehead atoms. The fourth-order valence-corrected chi connectivity index (χ4v) is 4.13. The summed E-state index contributed by atoms with van der Waals surface area (Å²) in [5, 5.41) is 15.4. The molecule has 0 aliphatic carbocycles. The molecule has 208 valence electrons. The molecule has 0 aromatic heterocycles. The van der Waals surface area contributed by atoms with Crippen LogP contribution in [-0.2, 0) is 20.7 Å². The Bertz CT molecular complexity index is 1130. The van der Waals surface area contributed by atoms with Crippen LogP contribution in [0.5, 0.6) is 5.75 Å². The molecule has 3 amide bonds. The number of hydrogen-bond acceptors (Lipinski definition) is 5. The maximum atomic E-state index is 14.2. The fourth-order valence-electron chi connectivity index (χ4n) is 4.13. The third kappa shape index (κ3) is 9.08. The van der Waals surface area contributed by atoms with E-state index in [0.29, 0.717) is 0 Å². The van der Waals surface area contributed by atoms with Crippen molar-refractivity contribution in [3.8, 4) is 5.75 Å². The van der Waals surface area contributed by atoms with E-state index >= 15 is 0 Å². The van der Waals surface area contributed by atoms with E-state index in [1.165, 1.54) is 17.0 Å². The van der Waals surface area contributed by atoms with Crippen molar-refractivity contribution in [1.29, 1.82) is 0 Å². The number of likely N-dealkylation sites (N-methyl/N-ethyl adjacent to an activating group) is 1. The summed E-state index contributed by atoms with van der Waals surface area (Å²) in [6, 6.07) is 10.3. The van der Waals surface area contributed by atoms with Gasteiger partial charge in [0.05, 0.1) is 0 Å². The van der Waals surface area contributed by atoms with Crippen molar-refractivity contribution in [3.63, 3.8) is 0 Å². The van der Waals surface area contributed by atoms with E-state index in [-0.39, 0.29) is 24.6 Å². The van der Waals surface area contributed by atoms with Gasteiger partial charge in [0.2, 0.25) is 11.8 Å². The molecular formula is C30H43N3O5. The number of rotatable bonds is 8. The van der Waals surface area contributed by atoms with Gasteiger partial charge in [-0.05, 0) is 91.1 Å². The first-order chi connectivity index (χ1) is 17.5. The molecule has 0 saturated carbocycles. The van der Waals surface area contributed by atoms with Gasteiger partial charge in [0.25, 0.3) is 0 Å². The van der Waals surface area contributed by atoms with E-state index in [9.17, 15) is 19.5 Å². The number of carbonyl (C=O) groups is 3. The van der Waals surface area contributed by atoms with Crippen LogP contribution in [0.1, 0.15) is 76.8 Å². The summed E-state index contributed by atoms with van der Waals surface area (Å²) in [7, 11) is 0. The molecule has 2 rings (SSSR count). The predicted octanol–water partition coefficient (Wildman–Crippen LogP) is 4.95. The number of aromatic hydroxyl groups is 1. The van der Waals surface area contributed by atoms with Crippen LogP contribution in [-0.4, -0.2) is 51.6 Å². The number of nitrogens with one attached hydrogen (secondary N) is 2. The van der Waals surface area contributed by atoms with Crippen LogP contribution in [0, 0.1) is 13.8 Å². The highest BCUT2D eigenvalue weighted by Crippen LogP contribution is 2.28. The second kappa shape index (κ2) is 12.3. The van der Waals surface area contributed by atoms with E-state index in [4.69, 9.17) is 4.74 Å². The number of amides is 3. The maximum Gasteiger partial charge on any atom is 0.408 e. The minimum absolute atomic E-state index is 0.0979. The third-order valence-electron chi connectivity index (χ3n) is 5.78. The minimum Gasteiger partial charge on any atom is -0.508 e. The lowest BCUT2D eigenvalue weighted by molar-refractivity contribution is -0.142. The smallest absolute Gasteiger partial charge is 0.408 e. The lowest BCUT2D eigenvalue weighted by Crippen LogP contribution is -2.55. The third-order valence-corrected chi connectivity index (χ3v) is 5.78. The average Bonchev–Trinajstić information content (AvgIpc) is 2.77. The first-order valence-electron chi connectivity index (χ1n) is 13.0. The van der Waals surface area contributed by atoms with E-state index in [1.807, 2.05) is 59.7 Å². The highest BCUT2D eigenvalue weighted by atomic mass is 16.6. The zero-order valence-corrected chi connectivity index (χ0v) is 24.1. The first-order valence-corrected chi connectivity index (χ1v) is 13.0. The summed E-state index contributed by atoms with van der Waals surface area (Å²) in [6.07, 6.45) is -0.581. The van der Waals surface area contributed by atoms with E-state index in [1.54, 1.807) is 32.9 Å². The van der Waals surface area contributed by atoms with E-state index in [0.717, 1.165) is 22.3 Å². The second-order valence-electron chi connectivity index (χ2n) is 11.7. The van der Waals surface area contributed by atoms with Crippen LogP contribution in [0.25, 0.3) is 0 Å². The molecule has 2 unspecified atom stereocenters. The Balaban J connectivity index is 2.55. The van der Waals surface area contributed by atoms with Crippen LogP contribution in [0.2, 0.25) is 0 Å². The Morgan fingerprint density at radius 1 is 0.974 bits per heavy atom. The monoisotopic (exact) mass is 525 g/mol. The van der Waals surface area contributed by atoms with Crippen LogP contribution in [0.3, 0.4) is 0 Å². The van der Waals surface area contributed by atoms with Gasteiger partial charge in [0, 0.05) is 18.5 Å². The Hall–Kier alpha value is -3.55. The molecule has 3 N–H and O–H groups in total. The molecule has 0 aliphatic heterocycles. The predicted molar refractivity (Wildman–Crippen MR) is 149 cm³/mol. The Morgan fingerprint density at radius 3 is 2.11 bits per heavy atom. The van der Waals surface area contributed by atoms with Crippen molar-refractivity contribution in [2.24, 2.45) is 0 Å². The summed E-state index contributed by atoms with van der Waals surface area (Å²) in [5.74, 6) is -0.621. The zero-order valence-electron chi connectivity index (χ0n) is 24.1.